The first-order valence-corrected chi connectivity index (χ1v) is 17.5. The van der Waals surface area contributed by atoms with E-state index in [1.165, 1.54) is 0 Å². The number of hydrogen-bond acceptors (Lipinski definition) is 7. The summed E-state index contributed by atoms with van der Waals surface area (Å²) in [4.78, 5) is 32.7. The van der Waals surface area contributed by atoms with E-state index in [4.69, 9.17) is 21.3 Å². The molecular formula is C31H46ClFN4O4S. The van der Waals surface area contributed by atoms with Gasteiger partial charge < -0.3 is 15.2 Å². The minimum atomic E-state index is -0.771. The molecule has 4 fully saturated rings. The van der Waals surface area contributed by atoms with Crippen molar-refractivity contribution < 1.29 is 19.0 Å². The number of aryl methyl sites for hydroxylation is 2. The van der Waals surface area contributed by atoms with E-state index in [2.05, 4.69) is 17.1 Å². The predicted molar refractivity (Wildman–Crippen MR) is 163 cm³/mol. The first-order chi connectivity index (χ1) is 20.2. The summed E-state index contributed by atoms with van der Waals surface area (Å²) in [5, 5.41) is 13.8. The van der Waals surface area contributed by atoms with Gasteiger partial charge in [0.25, 0.3) is 5.56 Å². The Hall–Kier alpha value is -1.20. The molecule has 2 aliphatic carbocycles. The van der Waals surface area contributed by atoms with Crippen LogP contribution in [-0.2, 0) is 28.9 Å². The molecule has 3 aliphatic heterocycles. The third kappa shape index (κ3) is 6.30. The van der Waals surface area contributed by atoms with Gasteiger partial charge in [-0.15, -0.1) is 11.6 Å². The van der Waals surface area contributed by atoms with Crippen LogP contribution in [0.5, 0.6) is 0 Å². The second kappa shape index (κ2) is 13.0. The number of carboxylic acids is 1. The molecule has 0 amide bonds. The van der Waals surface area contributed by atoms with Crippen molar-refractivity contribution in [1.29, 1.82) is 0 Å². The number of nitrogens with one attached hydrogen (secondary N) is 1. The third-order valence-electron chi connectivity index (χ3n) is 10.7. The molecule has 0 spiro atoms. The van der Waals surface area contributed by atoms with Gasteiger partial charge in [-0.05, 0) is 90.0 Å². The van der Waals surface area contributed by atoms with Crippen molar-refractivity contribution in [1.82, 2.24) is 19.8 Å². The number of likely N-dealkylation sites (tertiary alicyclic amines) is 1. The number of carboxylic acid groups (broad SMARTS) is 1. The average molecular weight is 625 g/mol. The topological polar surface area (TPSA) is 96.7 Å². The first kappa shape index (κ1) is 30.8. The zero-order valence-corrected chi connectivity index (χ0v) is 26.4. The zero-order chi connectivity index (χ0) is 29.5. The molecule has 0 aromatic carbocycles. The van der Waals surface area contributed by atoms with Gasteiger partial charge in [0.1, 0.15) is 12.0 Å². The molecule has 2 N–H and O–H groups in total. The number of thioether (sulfide) groups is 1. The Balaban J connectivity index is 1.13. The second-order valence-electron chi connectivity index (χ2n) is 13.4. The lowest BCUT2D eigenvalue weighted by Crippen LogP contribution is -2.57. The summed E-state index contributed by atoms with van der Waals surface area (Å²) >= 11 is 8.52. The Morgan fingerprint density at radius 2 is 2.07 bits per heavy atom. The molecule has 4 heterocycles. The van der Waals surface area contributed by atoms with E-state index in [0.29, 0.717) is 44.2 Å². The van der Waals surface area contributed by atoms with E-state index in [9.17, 15) is 19.1 Å². The van der Waals surface area contributed by atoms with Crippen LogP contribution < -0.4 is 10.9 Å². The van der Waals surface area contributed by atoms with E-state index in [1.807, 2.05) is 6.92 Å². The van der Waals surface area contributed by atoms with E-state index in [0.717, 1.165) is 68.6 Å². The number of aromatic nitrogens is 2. The third-order valence-corrected chi connectivity index (χ3v) is 12.6. The van der Waals surface area contributed by atoms with Crippen LogP contribution in [0.25, 0.3) is 0 Å². The highest BCUT2D eigenvalue weighted by Crippen LogP contribution is 2.48. The maximum atomic E-state index is 14.1. The minimum absolute atomic E-state index is 0.0232. The molecule has 10 atom stereocenters. The lowest BCUT2D eigenvalue weighted by molar-refractivity contribution is -0.142. The number of rotatable bonds is 7. The van der Waals surface area contributed by atoms with Crippen molar-refractivity contribution in [2.75, 3.05) is 25.4 Å². The van der Waals surface area contributed by atoms with Crippen molar-refractivity contribution >= 4 is 29.3 Å². The second-order valence-corrected chi connectivity index (χ2v) is 15.2. The fraction of sp³-hybridized carbons (Fsp3) is 0.839. The number of ether oxygens (including phenoxy) is 1. The number of alkyl halides is 2. The zero-order valence-electron chi connectivity index (χ0n) is 24.9. The molecule has 11 heteroatoms. The SMILES string of the molecule is Cc1nc2c(c(=O)n1CCOC1CCC(Cl)CC1C1CC(C)NC3C(C(=O)O)CSC13)C[C@H](N1CCC[C@H](F)C1)CC2. The highest BCUT2D eigenvalue weighted by atomic mass is 35.5. The summed E-state index contributed by atoms with van der Waals surface area (Å²) in [7, 11) is 0. The molecule has 8 unspecified atom stereocenters. The number of piperidine rings is 2. The molecule has 42 heavy (non-hydrogen) atoms. The molecule has 5 aliphatic rings. The van der Waals surface area contributed by atoms with E-state index >= 15 is 0 Å². The molecule has 8 nitrogen and oxygen atoms in total. The van der Waals surface area contributed by atoms with Gasteiger partial charge >= 0.3 is 5.97 Å². The van der Waals surface area contributed by atoms with Gasteiger partial charge in [-0.3, -0.25) is 19.1 Å². The largest absolute Gasteiger partial charge is 0.481 e. The number of carbonyl (C=O) groups is 1. The Kier molecular flexibility index (Phi) is 9.56. The molecule has 6 rings (SSSR count). The van der Waals surface area contributed by atoms with Crippen LogP contribution >= 0.6 is 23.4 Å². The Morgan fingerprint density at radius 1 is 1.24 bits per heavy atom. The van der Waals surface area contributed by atoms with Crippen molar-refractivity contribution in [3.63, 3.8) is 0 Å². The quantitative estimate of drug-likeness (QED) is 0.442. The van der Waals surface area contributed by atoms with Gasteiger partial charge in [0.05, 0.1) is 30.9 Å². The average Bonchev–Trinajstić information content (AvgIpc) is 3.39. The predicted octanol–water partition coefficient (Wildman–Crippen LogP) is 3.82. The maximum Gasteiger partial charge on any atom is 0.308 e. The van der Waals surface area contributed by atoms with Crippen molar-refractivity contribution in [2.45, 2.75) is 119 Å². The van der Waals surface area contributed by atoms with Gasteiger partial charge in [-0.1, -0.05) is 0 Å². The molecular weight excluding hydrogens is 579 g/mol. The van der Waals surface area contributed by atoms with E-state index < -0.39 is 12.1 Å². The van der Waals surface area contributed by atoms with Gasteiger partial charge in [-0.2, -0.15) is 11.8 Å². The number of fused-ring (bicyclic) bond motifs is 2. The maximum absolute atomic E-state index is 14.1. The molecule has 0 radical (unpaired) electrons. The summed E-state index contributed by atoms with van der Waals surface area (Å²) in [6, 6.07) is 0.431. The number of aliphatic carboxylic acids is 1. The number of nitrogens with zero attached hydrogens (tertiary/aromatic N) is 3. The highest BCUT2D eigenvalue weighted by molar-refractivity contribution is 8.00. The first-order valence-electron chi connectivity index (χ1n) is 16.0. The van der Waals surface area contributed by atoms with Gasteiger partial charge in [-0.25, -0.2) is 9.37 Å². The smallest absolute Gasteiger partial charge is 0.308 e. The number of halogens is 2. The standard InChI is InChI=1S/C31H46ClFN4O4S/c1-17-12-23(29-28(34-17)25(16-42-29)31(39)40)22-13-19(32)5-8-27(22)41-11-10-37-18(2)35-26-7-6-21(14-24(26)30(37)38)36-9-3-4-20(33)15-36/h17,19-23,25,27-29,34H,3-16H2,1-2H3,(H,39,40)/t17?,19?,20-,21+,22?,23?,25?,27?,28?,29?/m0/s1. The summed E-state index contributed by atoms with van der Waals surface area (Å²) in [6.07, 6.45) is 6.76. The summed E-state index contributed by atoms with van der Waals surface area (Å²) in [6.45, 7) is 6.31. The molecule has 0 bridgehead atoms. The van der Waals surface area contributed by atoms with Crippen LogP contribution in [0.2, 0.25) is 0 Å². The van der Waals surface area contributed by atoms with E-state index in [-0.39, 0.29) is 52.3 Å². The van der Waals surface area contributed by atoms with Crippen LogP contribution in [0.3, 0.4) is 0 Å². The Bertz CT molecular complexity index is 1200. The minimum Gasteiger partial charge on any atom is -0.481 e. The molecule has 234 valence electrons. The van der Waals surface area contributed by atoms with Crippen LogP contribution in [0.15, 0.2) is 4.79 Å². The summed E-state index contributed by atoms with van der Waals surface area (Å²) < 4.78 is 22.5. The van der Waals surface area contributed by atoms with Crippen LogP contribution in [-0.4, -0.2) is 92.0 Å². The molecule has 1 aromatic heterocycles. The Morgan fingerprint density at radius 3 is 2.86 bits per heavy atom. The Labute approximate surface area is 257 Å². The van der Waals surface area contributed by atoms with Gasteiger partial charge in [0.2, 0.25) is 0 Å². The lowest BCUT2D eigenvalue weighted by Gasteiger charge is -2.47. The van der Waals surface area contributed by atoms with Crippen LogP contribution in [0.4, 0.5) is 4.39 Å². The van der Waals surface area contributed by atoms with Crippen LogP contribution in [0, 0.1) is 24.7 Å². The van der Waals surface area contributed by atoms with Crippen molar-refractivity contribution in [3.8, 4) is 0 Å². The monoisotopic (exact) mass is 624 g/mol. The lowest BCUT2D eigenvalue weighted by atomic mass is 9.70. The van der Waals surface area contributed by atoms with Crippen molar-refractivity contribution in [2.24, 2.45) is 17.8 Å². The fourth-order valence-electron chi connectivity index (χ4n) is 8.58. The van der Waals surface area contributed by atoms with Gasteiger partial charge in [0.15, 0.2) is 0 Å². The number of hydrogen-bond donors (Lipinski definition) is 2. The molecule has 3 saturated heterocycles. The fourth-order valence-corrected chi connectivity index (χ4v) is 10.7. The highest BCUT2D eigenvalue weighted by Gasteiger charge is 2.51. The normalized spacial score (nSPS) is 39.0. The van der Waals surface area contributed by atoms with Crippen molar-refractivity contribution in [3.05, 3.63) is 27.4 Å². The molecule has 1 saturated carbocycles. The molecule has 1 aromatic rings. The summed E-state index contributed by atoms with van der Waals surface area (Å²) in [5.41, 5.74) is 1.72. The van der Waals surface area contributed by atoms with Crippen LogP contribution in [0.1, 0.15) is 69.0 Å². The summed E-state index contributed by atoms with van der Waals surface area (Å²) in [5.74, 6) is 0.902. The van der Waals surface area contributed by atoms with Gasteiger partial charge in [0, 0.05) is 46.6 Å². The van der Waals surface area contributed by atoms with E-state index in [1.54, 1.807) is 16.3 Å².